The predicted octanol–water partition coefficient (Wildman–Crippen LogP) is 4.97. The quantitative estimate of drug-likeness (QED) is 0.222. The minimum atomic E-state index is -0.501. The Labute approximate surface area is 204 Å². The molecule has 0 spiro atoms. The first kappa shape index (κ1) is 23.7. The number of nitrogens with zero attached hydrogens (tertiary/aromatic N) is 2. The number of nitrogens with one attached hydrogen (secondary N) is 1. The van der Waals surface area contributed by atoms with Gasteiger partial charge in [0, 0.05) is 0 Å². The molecular formula is C25H23N3O4S2. The topological polar surface area (TPSA) is 90.3 Å². The number of para-hydroxylation sites is 1. The van der Waals surface area contributed by atoms with Crippen molar-refractivity contribution in [2.24, 2.45) is 0 Å². The zero-order chi connectivity index (χ0) is 24.2. The first-order valence-corrected chi connectivity index (χ1v) is 12.5. The van der Waals surface area contributed by atoms with Crippen molar-refractivity contribution >= 4 is 50.9 Å². The van der Waals surface area contributed by atoms with Crippen molar-refractivity contribution < 1.29 is 14.3 Å². The van der Waals surface area contributed by atoms with Crippen molar-refractivity contribution in [2.75, 3.05) is 17.7 Å². The summed E-state index contributed by atoms with van der Waals surface area (Å²) in [5, 5.41) is 5.04. The van der Waals surface area contributed by atoms with Crippen molar-refractivity contribution in [3.05, 3.63) is 81.0 Å². The summed E-state index contributed by atoms with van der Waals surface area (Å²) < 4.78 is 7.21. The van der Waals surface area contributed by atoms with E-state index in [9.17, 15) is 14.4 Å². The summed E-state index contributed by atoms with van der Waals surface area (Å²) in [4.78, 5) is 43.0. The number of carbonyl (C=O) groups excluding carboxylic acids is 2. The first-order chi connectivity index (χ1) is 16.4. The molecule has 4 aromatic rings. The van der Waals surface area contributed by atoms with Crippen LogP contribution in [0.3, 0.4) is 0 Å². The number of thioether (sulfide) groups is 1. The molecule has 0 saturated carbocycles. The molecule has 2 heterocycles. The Kier molecular flexibility index (Phi) is 7.14. The lowest BCUT2D eigenvalue weighted by molar-refractivity contribution is -0.113. The number of benzene rings is 2. The van der Waals surface area contributed by atoms with Crippen LogP contribution in [0.25, 0.3) is 15.9 Å². The molecule has 0 fully saturated rings. The second-order valence-corrected chi connectivity index (χ2v) is 9.42. The second kappa shape index (κ2) is 10.2. The van der Waals surface area contributed by atoms with Crippen LogP contribution in [0.15, 0.2) is 63.9 Å². The smallest absolute Gasteiger partial charge is 0.340 e. The predicted molar refractivity (Wildman–Crippen MR) is 136 cm³/mol. The van der Waals surface area contributed by atoms with Gasteiger partial charge in [-0.15, -0.1) is 11.3 Å². The molecule has 174 valence electrons. The van der Waals surface area contributed by atoms with Gasteiger partial charge in [0.15, 0.2) is 5.16 Å². The van der Waals surface area contributed by atoms with Gasteiger partial charge in [0.05, 0.1) is 34.8 Å². The number of hydrogen-bond donors (Lipinski definition) is 1. The molecule has 2 aromatic heterocycles. The molecule has 0 aliphatic carbocycles. The van der Waals surface area contributed by atoms with Crippen molar-refractivity contribution in [3.8, 4) is 5.69 Å². The molecule has 0 saturated heterocycles. The first-order valence-electron chi connectivity index (χ1n) is 10.7. The Hall–Kier alpha value is -3.43. The van der Waals surface area contributed by atoms with Gasteiger partial charge in [-0.25, -0.2) is 9.78 Å². The number of thiophene rings is 1. The van der Waals surface area contributed by atoms with Crippen LogP contribution in [-0.2, 0) is 9.53 Å². The molecule has 2 aromatic carbocycles. The maximum absolute atomic E-state index is 13.4. The molecule has 1 N–H and O–H groups in total. The van der Waals surface area contributed by atoms with E-state index in [1.165, 1.54) is 23.1 Å². The van der Waals surface area contributed by atoms with Gasteiger partial charge in [-0.05, 0) is 61.5 Å². The van der Waals surface area contributed by atoms with Gasteiger partial charge in [0.25, 0.3) is 5.56 Å². The lowest BCUT2D eigenvalue weighted by Gasteiger charge is -2.15. The zero-order valence-corrected chi connectivity index (χ0v) is 20.6. The van der Waals surface area contributed by atoms with Crippen LogP contribution in [-0.4, -0.2) is 33.8 Å². The Morgan fingerprint density at radius 3 is 2.74 bits per heavy atom. The summed E-state index contributed by atoms with van der Waals surface area (Å²) in [5.74, 6) is -0.822. The van der Waals surface area contributed by atoms with E-state index in [-0.39, 0.29) is 29.4 Å². The third-order valence-electron chi connectivity index (χ3n) is 5.08. The third-order valence-corrected chi connectivity index (χ3v) is 6.91. The van der Waals surface area contributed by atoms with Gasteiger partial charge < -0.3 is 10.1 Å². The van der Waals surface area contributed by atoms with Gasteiger partial charge in [0.2, 0.25) is 5.91 Å². The van der Waals surface area contributed by atoms with Crippen molar-refractivity contribution in [2.45, 2.75) is 25.9 Å². The molecule has 4 rings (SSSR count). The molecule has 0 aliphatic rings. The molecule has 1 amide bonds. The van der Waals surface area contributed by atoms with Gasteiger partial charge in [-0.3, -0.25) is 14.2 Å². The molecule has 0 radical (unpaired) electrons. The van der Waals surface area contributed by atoms with E-state index in [4.69, 9.17) is 4.74 Å². The van der Waals surface area contributed by atoms with Gasteiger partial charge in [-0.1, -0.05) is 36.0 Å². The van der Waals surface area contributed by atoms with Gasteiger partial charge in [0.1, 0.15) is 4.70 Å². The summed E-state index contributed by atoms with van der Waals surface area (Å²) in [6, 6.07) is 14.4. The second-order valence-electron chi connectivity index (χ2n) is 7.56. The number of aromatic nitrogens is 2. The van der Waals surface area contributed by atoms with Crippen LogP contribution in [0.4, 0.5) is 5.69 Å². The van der Waals surface area contributed by atoms with Crippen LogP contribution in [0.2, 0.25) is 0 Å². The lowest BCUT2D eigenvalue weighted by atomic mass is 10.1. The van der Waals surface area contributed by atoms with Crippen molar-refractivity contribution in [1.29, 1.82) is 0 Å². The van der Waals surface area contributed by atoms with Crippen LogP contribution in [0.5, 0.6) is 0 Å². The van der Waals surface area contributed by atoms with E-state index in [1.54, 1.807) is 41.8 Å². The fraction of sp³-hybridized carbons (Fsp3) is 0.200. The number of aryl methyl sites for hydroxylation is 2. The number of hydrogen-bond acceptors (Lipinski definition) is 7. The zero-order valence-electron chi connectivity index (χ0n) is 19.0. The molecule has 0 atom stereocenters. The summed E-state index contributed by atoms with van der Waals surface area (Å²) in [6.07, 6.45) is 0. The Morgan fingerprint density at radius 2 is 1.94 bits per heavy atom. The van der Waals surface area contributed by atoms with Gasteiger partial charge >= 0.3 is 5.97 Å². The van der Waals surface area contributed by atoms with E-state index in [0.717, 1.165) is 16.8 Å². The maximum atomic E-state index is 13.4. The molecular weight excluding hydrogens is 470 g/mol. The number of esters is 1. The van der Waals surface area contributed by atoms with Crippen LogP contribution >= 0.6 is 23.1 Å². The molecule has 0 unspecified atom stereocenters. The monoisotopic (exact) mass is 493 g/mol. The highest BCUT2D eigenvalue weighted by Gasteiger charge is 2.18. The summed E-state index contributed by atoms with van der Waals surface area (Å²) in [7, 11) is 0. The number of ether oxygens (including phenoxy) is 1. The van der Waals surface area contributed by atoms with Crippen LogP contribution < -0.4 is 10.9 Å². The standard InChI is InChI=1S/C25H23N3O4S2/c1-4-32-24(31)17-7-5-6-8-18(17)26-21(29)14-34-25-27-19-11-12-33-22(19)23(30)28(25)20-13-15(2)9-10-16(20)3/h5-13H,4,14H2,1-3H3,(H,26,29). The number of rotatable bonds is 7. The fourth-order valence-corrected chi connectivity index (χ4v) is 5.02. The van der Waals surface area contributed by atoms with E-state index < -0.39 is 5.97 Å². The number of fused-ring (bicyclic) bond motifs is 1. The number of anilines is 1. The van der Waals surface area contributed by atoms with Crippen molar-refractivity contribution in [3.63, 3.8) is 0 Å². The Balaban J connectivity index is 1.64. The molecule has 7 nitrogen and oxygen atoms in total. The summed E-state index contributed by atoms with van der Waals surface area (Å²) in [6.45, 7) is 5.87. The maximum Gasteiger partial charge on any atom is 0.340 e. The average Bonchev–Trinajstić information content (AvgIpc) is 3.29. The van der Waals surface area contributed by atoms with Crippen LogP contribution in [0, 0.1) is 13.8 Å². The fourth-order valence-electron chi connectivity index (χ4n) is 3.46. The third kappa shape index (κ3) is 4.90. The highest BCUT2D eigenvalue weighted by atomic mass is 32.2. The SMILES string of the molecule is CCOC(=O)c1ccccc1NC(=O)CSc1nc2ccsc2c(=O)n1-c1cc(C)ccc1C. The summed E-state index contributed by atoms with van der Waals surface area (Å²) >= 11 is 2.52. The Bertz CT molecular complexity index is 1440. The molecule has 0 bridgehead atoms. The largest absolute Gasteiger partial charge is 0.462 e. The number of amides is 1. The normalized spacial score (nSPS) is 10.9. The minimum absolute atomic E-state index is 0.00407. The molecule has 0 aliphatic heterocycles. The molecule has 9 heteroatoms. The number of carbonyl (C=O) groups is 2. The highest BCUT2D eigenvalue weighted by molar-refractivity contribution is 7.99. The van der Waals surface area contributed by atoms with Crippen molar-refractivity contribution in [1.82, 2.24) is 9.55 Å². The van der Waals surface area contributed by atoms with Crippen LogP contribution in [0.1, 0.15) is 28.4 Å². The highest BCUT2D eigenvalue weighted by Crippen LogP contribution is 2.26. The van der Waals surface area contributed by atoms with E-state index in [1.807, 2.05) is 37.4 Å². The van der Waals surface area contributed by atoms with E-state index in [0.29, 0.717) is 21.1 Å². The lowest BCUT2D eigenvalue weighted by Crippen LogP contribution is -2.23. The van der Waals surface area contributed by atoms with Gasteiger partial charge in [-0.2, -0.15) is 0 Å². The minimum Gasteiger partial charge on any atom is -0.462 e. The Morgan fingerprint density at radius 1 is 1.15 bits per heavy atom. The van der Waals surface area contributed by atoms with E-state index >= 15 is 0 Å². The van der Waals surface area contributed by atoms with E-state index in [2.05, 4.69) is 10.3 Å². The summed E-state index contributed by atoms with van der Waals surface area (Å²) in [5.41, 5.74) is 3.79. The average molecular weight is 494 g/mol. The molecule has 34 heavy (non-hydrogen) atoms.